The Morgan fingerprint density at radius 3 is 1.62 bits per heavy atom. The van der Waals surface area contributed by atoms with Gasteiger partial charge < -0.3 is 0 Å². The molecule has 0 N–H and O–H groups in total. The highest BCUT2D eigenvalue weighted by atomic mass is 19.4. The zero-order valence-corrected chi connectivity index (χ0v) is 7.94. The third-order valence-electron chi connectivity index (χ3n) is 2.07. The number of alkyl halides is 6. The van der Waals surface area contributed by atoms with Gasteiger partial charge >= 0.3 is 18.9 Å². The van der Waals surface area contributed by atoms with Gasteiger partial charge in [-0.1, -0.05) is 35.9 Å². The van der Waals surface area contributed by atoms with E-state index in [-0.39, 0.29) is 5.56 Å². The molecule has 0 saturated carbocycles. The first-order valence-electron chi connectivity index (χ1n) is 4.38. The van der Waals surface area contributed by atoms with Gasteiger partial charge in [0, 0.05) is 0 Å². The lowest BCUT2D eigenvalue weighted by molar-refractivity contribution is -0.105. The molecule has 0 spiro atoms. The Bertz CT molecular complexity index is 314. The van der Waals surface area contributed by atoms with Crippen molar-refractivity contribution in [1.29, 1.82) is 0 Å². The van der Waals surface area contributed by atoms with Crippen LogP contribution >= 0.6 is 0 Å². The molecule has 88 valence electrons. The number of rotatable bonds is 2. The third-order valence-corrected chi connectivity index (χ3v) is 2.07. The molecule has 0 radical (unpaired) electrons. The highest BCUT2D eigenvalue weighted by Crippen LogP contribution is 2.33. The van der Waals surface area contributed by atoms with Crippen molar-refractivity contribution >= 4 is 6.71 Å². The Labute approximate surface area is 88.3 Å². The Morgan fingerprint density at radius 2 is 1.25 bits per heavy atom. The molecule has 0 atom stereocenters. The molecule has 1 aromatic carbocycles. The van der Waals surface area contributed by atoms with E-state index in [2.05, 4.69) is 0 Å². The number of halogens is 6. The monoisotopic (exact) mass is 240 g/mol. The summed E-state index contributed by atoms with van der Waals surface area (Å²) in [6, 6.07) is 6.81. The van der Waals surface area contributed by atoms with Gasteiger partial charge in [0.1, 0.15) is 0 Å². The topological polar surface area (TPSA) is 0 Å². The number of hydrogen-bond acceptors (Lipinski definition) is 0. The SMILES string of the molecule is FC(F)(F)B(Cc1ccccc1)C(F)(F)F. The largest absolute Gasteiger partial charge is 0.404 e. The molecule has 0 bridgehead atoms. The van der Waals surface area contributed by atoms with Gasteiger partial charge in [0.15, 0.2) is 0 Å². The number of benzene rings is 1. The minimum absolute atomic E-state index is 0.0159. The minimum atomic E-state index is -5.27. The summed E-state index contributed by atoms with van der Waals surface area (Å²) in [6.45, 7) is -3.30. The van der Waals surface area contributed by atoms with Crippen molar-refractivity contribution < 1.29 is 26.3 Å². The molecule has 0 aromatic heterocycles. The van der Waals surface area contributed by atoms with Crippen LogP contribution in [0.4, 0.5) is 26.3 Å². The van der Waals surface area contributed by atoms with Crippen molar-refractivity contribution in [2.45, 2.75) is 18.5 Å². The highest BCUT2D eigenvalue weighted by Gasteiger charge is 2.60. The summed E-state index contributed by atoms with van der Waals surface area (Å²) in [6.07, 6.45) is -11.6. The molecule has 0 aliphatic rings. The second-order valence-electron chi connectivity index (χ2n) is 3.33. The lowest BCUT2D eigenvalue weighted by atomic mass is 9.44. The molecule has 0 heterocycles. The molecular weight excluding hydrogens is 233 g/mol. The fourth-order valence-corrected chi connectivity index (χ4v) is 1.27. The van der Waals surface area contributed by atoms with Crippen LogP contribution in [-0.4, -0.2) is 18.9 Å². The average Bonchev–Trinajstić information content (AvgIpc) is 2.12. The van der Waals surface area contributed by atoms with Crippen molar-refractivity contribution in [3.8, 4) is 0 Å². The van der Waals surface area contributed by atoms with E-state index in [0.29, 0.717) is 0 Å². The summed E-state index contributed by atoms with van der Waals surface area (Å²) in [4.78, 5) is 0. The van der Waals surface area contributed by atoms with Gasteiger partial charge in [-0.25, -0.2) is 0 Å². The van der Waals surface area contributed by atoms with Gasteiger partial charge in [-0.2, -0.15) is 26.3 Å². The molecule has 16 heavy (non-hydrogen) atoms. The fourth-order valence-electron chi connectivity index (χ4n) is 1.27. The van der Waals surface area contributed by atoms with Crippen LogP contribution in [0.2, 0.25) is 0 Å². The molecule has 1 aromatic rings. The van der Waals surface area contributed by atoms with E-state index in [4.69, 9.17) is 0 Å². The normalized spacial score (nSPS) is 12.6. The van der Waals surface area contributed by atoms with Crippen LogP contribution in [0, 0.1) is 0 Å². The summed E-state index contributed by atoms with van der Waals surface area (Å²) in [5.41, 5.74) is 0.0159. The van der Waals surface area contributed by atoms with E-state index in [1.54, 1.807) is 0 Å². The van der Waals surface area contributed by atoms with Gasteiger partial charge in [-0.15, -0.1) is 0 Å². The molecule has 0 nitrogen and oxygen atoms in total. The summed E-state index contributed by atoms with van der Waals surface area (Å²) in [7, 11) is 0. The van der Waals surface area contributed by atoms with Crippen molar-refractivity contribution in [2.24, 2.45) is 0 Å². The summed E-state index contributed by atoms with van der Waals surface area (Å²) >= 11 is 0. The Morgan fingerprint density at radius 1 is 0.812 bits per heavy atom. The second-order valence-corrected chi connectivity index (χ2v) is 3.33. The number of hydrogen-bond donors (Lipinski definition) is 0. The van der Waals surface area contributed by atoms with Crippen LogP contribution in [0.1, 0.15) is 5.56 Å². The molecular formula is C9H7BF6. The zero-order valence-electron chi connectivity index (χ0n) is 7.94. The van der Waals surface area contributed by atoms with Crippen LogP contribution in [0.15, 0.2) is 30.3 Å². The Hall–Kier alpha value is -1.14. The maximum absolute atomic E-state index is 12.2. The van der Waals surface area contributed by atoms with Crippen molar-refractivity contribution in [3.63, 3.8) is 0 Å². The van der Waals surface area contributed by atoms with Gasteiger partial charge in [0.05, 0.1) is 0 Å². The molecule has 0 fully saturated rings. The first-order chi connectivity index (χ1) is 7.21. The lowest BCUT2D eigenvalue weighted by Crippen LogP contribution is -2.49. The Balaban J connectivity index is 2.89. The molecule has 1 rings (SSSR count). The van der Waals surface area contributed by atoms with Crippen LogP contribution < -0.4 is 0 Å². The summed E-state index contributed by atoms with van der Waals surface area (Å²) in [5.74, 6) is 0. The maximum atomic E-state index is 12.2. The summed E-state index contributed by atoms with van der Waals surface area (Å²) in [5, 5.41) is 0. The Kier molecular flexibility index (Phi) is 3.55. The van der Waals surface area contributed by atoms with Gasteiger partial charge in [-0.3, -0.25) is 0 Å². The molecule has 0 aliphatic heterocycles. The van der Waals surface area contributed by atoms with Crippen LogP contribution in [0.25, 0.3) is 0 Å². The van der Waals surface area contributed by atoms with Crippen LogP contribution in [-0.2, 0) is 6.32 Å². The van der Waals surface area contributed by atoms with Gasteiger partial charge in [0.25, 0.3) is 0 Å². The zero-order chi connectivity index (χ0) is 12.4. The van der Waals surface area contributed by atoms with Gasteiger partial charge in [0.2, 0.25) is 0 Å². The smallest absolute Gasteiger partial charge is 0.181 e. The second kappa shape index (κ2) is 4.39. The fraction of sp³-hybridized carbons (Fsp3) is 0.333. The van der Waals surface area contributed by atoms with E-state index in [1.807, 2.05) is 0 Å². The first kappa shape index (κ1) is 12.9. The predicted octanol–water partition coefficient (Wildman–Crippen LogP) is 3.47. The molecule has 7 heteroatoms. The van der Waals surface area contributed by atoms with Crippen LogP contribution in [0.5, 0.6) is 0 Å². The minimum Gasteiger partial charge on any atom is -0.181 e. The van der Waals surface area contributed by atoms with Gasteiger partial charge in [-0.05, 0) is 6.32 Å². The molecule has 0 unspecified atom stereocenters. The van der Waals surface area contributed by atoms with E-state index >= 15 is 0 Å². The molecule has 0 saturated heterocycles. The molecule has 0 aliphatic carbocycles. The lowest BCUT2D eigenvalue weighted by Gasteiger charge is -2.19. The highest BCUT2D eigenvalue weighted by molar-refractivity contribution is 6.62. The third kappa shape index (κ3) is 3.46. The summed E-state index contributed by atoms with van der Waals surface area (Å²) < 4.78 is 73.1. The average molecular weight is 240 g/mol. The van der Waals surface area contributed by atoms with Crippen molar-refractivity contribution in [2.75, 3.05) is 0 Å². The van der Waals surface area contributed by atoms with Crippen molar-refractivity contribution in [3.05, 3.63) is 35.9 Å². The van der Waals surface area contributed by atoms with E-state index in [1.165, 1.54) is 30.3 Å². The predicted molar refractivity (Wildman–Crippen MR) is 48.0 cm³/mol. The van der Waals surface area contributed by atoms with E-state index in [9.17, 15) is 26.3 Å². The molecule has 0 amide bonds. The van der Waals surface area contributed by atoms with Crippen LogP contribution in [0.3, 0.4) is 0 Å². The van der Waals surface area contributed by atoms with Crippen molar-refractivity contribution in [1.82, 2.24) is 0 Å². The first-order valence-corrected chi connectivity index (χ1v) is 4.38. The maximum Gasteiger partial charge on any atom is 0.404 e. The van der Waals surface area contributed by atoms with E-state index in [0.717, 1.165) is 0 Å². The quantitative estimate of drug-likeness (QED) is 0.548. The standard InChI is InChI=1S/C9H7BF6/c11-8(12,13)10(9(14,15)16)6-7-4-2-1-3-5-7/h1-5H,6H2. The van der Waals surface area contributed by atoms with E-state index < -0.39 is 25.2 Å².